The average Bonchev–Trinajstić information content (AvgIpc) is 3.11. The van der Waals surface area contributed by atoms with Crippen LogP contribution in [0.5, 0.6) is 0 Å². The van der Waals surface area contributed by atoms with Crippen molar-refractivity contribution in [3.8, 4) is 0 Å². The summed E-state index contributed by atoms with van der Waals surface area (Å²) in [7, 11) is 1.76. The second-order valence-corrected chi connectivity index (χ2v) is 6.38. The minimum Gasteiger partial charge on any atom is -0.381 e. The van der Waals surface area contributed by atoms with Crippen LogP contribution in [0.15, 0.2) is 29.4 Å². The number of nitrogens with zero attached hydrogens (tertiary/aromatic N) is 4. The van der Waals surface area contributed by atoms with Gasteiger partial charge in [0.05, 0.1) is 6.54 Å². The lowest BCUT2D eigenvalue weighted by atomic mass is 10.0. The van der Waals surface area contributed by atoms with Gasteiger partial charge in [0.25, 0.3) is 0 Å². The topological polar surface area (TPSA) is 85.1 Å². The fourth-order valence-electron chi connectivity index (χ4n) is 2.94. The van der Waals surface area contributed by atoms with E-state index in [1.165, 1.54) is 0 Å². The molecule has 2 N–H and O–H groups in total. The molecular weight excluding hydrogens is 332 g/mol. The van der Waals surface area contributed by atoms with E-state index in [1.807, 2.05) is 28.8 Å². The van der Waals surface area contributed by atoms with Crippen molar-refractivity contribution < 1.29 is 9.47 Å². The number of hydrogen-bond acceptors (Lipinski definition) is 5. The number of guanidine groups is 1. The third-order valence-corrected chi connectivity index (χ3v) is 4.47. The molecule has 0 unspecified atom stereocenters. The number of pyridine rings is 1. The van der Waals surface area contributed by atoms with Crippen LogP contribution < -0.4 is 10.6 Å². The monoisotopic (exact) mass is 360 g/mol. The summed E-state index contributed by atoms with van der Waals surface area (Å²) < 4.78 is 13.1. The van der Waals surface area contributed by atoms with Gasteiger partial charge in [-0.25, -0.2) is 0 Å². The van der Waals surface area contributed by atoms with E-state index in [4.69, 9.17) is 9.47 Å². The van der Waals surface area contributed by atoms with Gasteiger partial charge in [0.15, 0.2) is 17.4 Å². The molecule has 1 aliphatic rings. The average molecular weight is 360 g/mol. The number of ether oxygens (including phenoxy) is 2. The van der Waals surface area contributed by atoms with Crippen LogP contribution >= 0.6 is 0 Å². The molecule has 8 heteroatoms. The van der Waals surface area contributed by atoms with Gasteiger partial charge in [-0.2, -0.15) is 0 Å². The third-order valence-electron chi connectivity index (χ3n) is 4.47. The Kier molecular flexibility index (Phi) is 7.21. The van der Waals surface area contributed by atoms with Crippen LogP contribution in [0.25, 0.3) is 5.65 Å². The Morgan fingerprint density at radius 3 is 3.04 bits per heavy atom. The summed E-state index contributed by atoms with van der Waals surface area (Å²) in [5.41, 5.74) is 0.842. The first-order chi connectivity index (χ1) is 12.9. The van der Waals surface area contributed by atoms with Crippen LogP contribution in [0, 0.1) is 5.92 Å². The zero-order valence-corrected chi connectivity index (χ0v) is 15.4. The highest BCUT2D eigenvalue weighted by atomic mass is 16.5. The lowest BCUT2D eigenvalue weighted by Crippen LogP contribution is -2.38. The highest BCUT2D eigenvalue weighted by Crippen LogP contribution is 2.14. The summed E-state index contributed by atoms with van der Waals surface area (Å²) in [6.45, 7) is 4.73. The molecule has 0 aliphatic carbocycles. The molecule has 1 saturated heterocycles. The molecule has 2 aromatic heterocycles. The summed E-state index contributed by atoms with van der Waals surface area (Å²) >= 11 is 0. The van der Waals surface area contributed by atoms with Crippen LogP contribution in [0.2, 0.25) is 0 Å². The lowest BCUT2D eigenvalue weighted by molar-refractivity contribution is 0.0203. The van der Waals surface area contributed by atoms with Crippen molar-refractivity contribution in [2.24, 2.45) is 10.9 Å². The molecule has 0 amide bonds. The van der Waals surface area contributed by atoms with Crippen LogP contribution in [0.4, 0.5) is 0 Å². The molecule has 2 aromatic rings. The van der Waals surface area contributed by atoms with Crippen LogP contribution in [-0.2, 0) is 16.0 Å². The number of aromatic nitrogens is 3. The fourth-order valence-corrected chi connectivity index (χ4v) is 2.94. The molecule has 0 saturated carbocycles. The Balaban J connectivity index is 1.31. The van der Waals surface area contributed by atoms with Crippen molar-refractivity contribution in [2.75, 3.05) is 40.0 Å². The van der Waals surface area contributed by atoms with Gasteiger partial charge in [0.1, 0.15) is 0 Å². The van der Waals surface area contributed by atoms with Gasteiger partial charge in [-0.3, -0.25) is 9.39 Å². The molecule has 0 atom stereocenters. The van der Waals surface area contributed by atoms with E-state index < -0.39 is 0 Å². The standard InChI is InChI=1S/C18H28N6O2/c1-19-18(20-8-4-10-26-14-15-6-11-25-12-7-15)21-13-17-23-22-16-5-2-3-9-24(16)17/h2-3,5,9,15H,4,6-8,10-14H2,1H3,(H2,19,20,21). The molecular formula is C18H28N6O2. The molecule has 0 aromatic carbocycles. The molecule has 1 aliphatic heterocycles. The Morgan fingerprint density at radius 2 is 2.19 bits per heavy atom. The maximum absolute atomic E-state index is 5.78. The smallest absolute Gasteiger partial charge is 0.191 e. The van der Waals surface area contributed by atoms with Gasteiger partial charge in [-0.15, -0.1) is 10.2 Å². The molecule has 3 heterocycles. The summed E-state index contributed by atoms with van der Waals surface area (Å²) in [6.07, 6.45) is 5.13. The first-order valence-electron chi connectivity index (χ1n) is 9.25. The lowest BCUT2D eigenvalue weighted by Gasteiger charge is -2.21. The maximum Gasteiger partial charge on any atom is 0.191 e. The third kappa shape index (κ3) is 5.40. The predicted octanol–water partition coefficient (Wildman–Crippen LogP) is 1.23. The first-order valence-corrected chi connectivity index (χ1v) is 9.25. The Morgan fingerprint density at radius 1 is 1.31 bits per heavy atom. The van der Waals surface area contributed by atoms with E-state index >= 15 is 0 Å². The van der Waals surface area contributed by atoms with Crippen molar-refractivity contribution in [1.82, 2.24) is 25.2 Å². The van der Waals surface area contributed by atoms with Crippen LogP contribution in [-0.4, -0.2) is 60.6 Å². The second-order valence-electron chi connectivity index (χ2n) is 6.38. The summed E-state index contributed by atoms with van der Waals surface area (Å²) in [5.74, 6) is 2.26. The molecule has 0 radical (unpaired) electrons. The van der Waals surface area contributed by atoms with Crippen LogP contribution in [0.3, 0.4) is 0 Å². The minimum atomic E-state index is 0.561. The van der Waals surface area contributed by atoms with E-state index in [0.29, 0.717) is 12.5 Å². The number of fused-ring (bicyclic) bond motifs is 1. The highest BCUT2D eigenvalue weighted by Gasteiger charge is 2.13. The van der Waals surface area contributed by atoms with Gasteiger partial charge in [0, 0.05) is 46.2 Å². The molecule has 26 heavy (non-hydrogen) atoms. The van der Waals surface area contributed by atoms with Crippen molar-refractivity contribution in [1.29, 1.82) is 0 Å². The number of rotatable bonds is 8. The molecule has 3 rings (SSSR count). The number of nitrogens with one attached hydrogen (secondary N) is 2. The van der Waals surface area contributed by atoms with Gasteiger partial charge in [-0.1, -0.05) is 6.07 Å². The predicted molar refractivity (Wildman–Crippen MR) is 100 cm³/mol. The fraction of sp³-hybridized carbons (Fsp3) is 0.611. The van der Waals surface area contributed by atoms with E-state index in [9.17, 15) is 0 Å². The molecule has 0 bridgehead atoms. The zero-order chi connectivity index (χ0) is 18.0. The maximum atomic E-state index is 5.78. The molecule has 8 nitrogen and oxygen atoms in total. The normalized spacial score (nSPS) is 16.1. The van der Waals surface area contributed by atoms with Gasteiger partial charge in [-0.05, 0) is 37.3 Å². The van der Waals surface area contributed by atoms with Crippen molar-refractivity contribution in [2.45, 2.75) is 25.8 Å². The number of hydrogen-bond donors (Lipinski definition) is 2. The Hall–Kier alpha value is -2.19. The molecule has 0 spiro atoms. The second kappa shape index (κ2) is 10.1. The first kappa shape index (κ1) is 18.6. The Bertz CT molecular complexity index is 696. The van der Waals surface area contributed by atoms with Gasteiger partial charge in [0.2, 0.25) is 0 Å². The van der Waals surface area contributed by atoms with E-state index in [-0.39, 0.29) is 0 Å². The van der Waals surface area contributed by atoms with Crippen LogP contribution in [0.1, 0.15) is 25.1 Å². The Labute approximate surface area is 154 Å². The number of aliphatic imine (C=N–C) groups is 1. The minimum absolute atomic E-state index is 0.561. The SMILES string of the molecule is CN=C(NCCCOCC1CCOCC1)NCc1nnc2ccccn12. The zero-order valence-electron chi connectivity index (χ0n) is 15.4. The highest BCUT2D eigenvalue weighted by molar-refractivity contribution is 5.79. The van der Waals surface area contributed by atoms with E-state index in [1.54, 1.807) is 7.05 Å². The van der Waals surface area contributed by atoms with Gasteiger partial charge >= 0.3 is 0 Å². The van der Waals surface area contributed by atoms with E-state index in [0.717, 1.165) is 69.7 Å². The summed E-state index contributed by atoms with van der Waals surface area (Å²) in [5, 5.41) is 14.9. The molecule has 1 fully saturated rings. The molecule has 142 valence electrons. The quantitative estimate of drug-likeness (QED) is 0.418. The van der Waals surface area contributed by atoms with Crippen molar-refractivity contribution in [3.05, 3.63) is 30.2 Å². The van der Waals surface area contributed by atoms with Crippen molar-refractivity contribution in [3.63, 3.8) is 0 Å². The summed E-state index contributed by atoms with van der Waals surface area (Å²) in [6, 6.07) is 5.85. The van der Waals surface area contributed by atoms with E-state index in [2.05, 4.69) is 25.8 Å². The summed E-state index contributed by atoms with van der Waals surface area (Å²) in [4.78, 5) is 4.24. The van der Waals surface area contributed by atoms with Crippen molar-refractivity contribution >= 4 is 11.6 Å². The van der Waals surface area contributed by atoms with Gasteiger partial charge < -0.3 is 20.1 Å². The largest absolute Gasteiger partial charge is 0.381 e.